The summed E-state index contributed by atoms with van der Waals surface area (Å²) in [5, 5.41) is 0.657. The predicted molar refractivity (Wildman–Crippen MR) is 140 cm³/mol. The van der Waals surface area contributed by atoms with Gasteiger partial charge in [0.25, 0.3) is 5.91 Å². The second-order valence-corrected chi connectivity index (χ2v) is 8.92. The van der Waals surface area contributed by atoms with Crippen molar-refractivity contribution in [3.05, 3.63) is 93.9 Å². The van der Waals surface area contributed by atoms with E-state index in [1.807, 2.05) is 55.5 Å². The van der Waals surface area contributed by atoms with E-state index < -0.39 is 0 Å². The molecule has 1 aliphatic rings. The number of nitrogens with zero attached hydrogens (tertiary/aromatic N) is 2. The van der Waals surface area contributed by atoms with Crippen LogP contribution in [0.3, 0.4) is 0 Å². The summed E-state index contributed by atoms with van der Waals surface area (Å²) in [7, 11) is 1.66. The number of carbonyl (C=O) groups excluding carboxylic acids is 1. The summed E-state index contributed by atoms with van der Waals surface area (Å²) in [6.07, 6.45) is 3.86. The van der Waals surface area contributed by atoms with Crippen molar-refractivity contribution in [3.63, 3.8) is 0 Å². The second kappa shape index (κ2) is 10.1. The molecule has 0 radical (unpaired) electrons. The molecule has 0 aromatic heterocycles. The van der Waals surface area contributed by atoms with E-state index in [1.54, 1.807) is 12.0 Å². The summed E-state index contributed by atoms with van der Waals surface area (Å²) >= 11 is 1.40. The van der Waals surface area contributed by atoms with Gasteiger partial charge in [-0.2, -0.15) is 0 Å². The number of amides is 1. The molecule has 0 saturated carbocycles. The number of hydrogen-bond donors (Lipinski definition) is 0. The zero-order chi connectivity index (χ0) is 23.4. The fraction of sp³-hybridized carbons (Fsp3) is 0.214. The number of ether oxygens (including phenoxy) is 1. The third-order valence-electron chi connectivity index (χ3n) is 5.70. The van der Waals surface area contributed by atoms with Crippen molar-refractivity contribution in [2.24, 2.45) is 4.99 Å². The number of hydrogen-bond acceptors (Lipinski definition) is 4. The largest absolute Gasteiger partial charge is 0.496 e. The molecule has 1 amide bonds. The summed E-state index contributed by atoms with van der Waals surface area (Å²) < 4.78 is 5.36. The van der Waals surface area contributed by atoms with Gasteiger partial charge in [0.2, 0.25) is 0 Å². The number of thioether (sulfide) groups is 1. The molecule has 1 heterocycles. The third-order valence-corrected chi connectivity index (χ3v) is 6.66. The normalized spacial score (nSPS) is 16.1. The number of rotatable bonds is 6. The molecule has 5 heteroatoms. The first-order valence-corrected chi connectivity index (χ1v) is 12.0. The van der Waals surface area contributed by atoms with Gasteiger partial charge in [0, 0.05) is 0 Å². The monoisotopic (exact) mass is 456 g/mol. The maximum absolute atomic E-state index is 13.5. The van der Waals surface area contributed by atoms with Crippen LogP contribution >= 0.6 is 11.8 Å². The Bertz CT molecular complexity index is 1210. The summed E-state index contributed by atoms with van der Waals surface area (Å²) in [6.45, 7) is 6.25. The summed E-state index contributed by atoms with van der Waals surface area (Å²) in [5.41, 5.74) is 6.13. The molecule has 1 saturated heterocycles. The lowest BCUT2D eigenvalue weighted by atomic mass is 10.1. The lowest BCUT2D eigenvalue weighted by molar-refractivity contribution is -0.113. The molecule has 0 aliphatic carbocycles. The Morgan fingerprint density at radius 3 is 2.15 bits per heavy atom. The minimum Gasteiger partial charge on any atom is -0.496 e. The van der Waals surface area contributed by atoms with Gasteiger partial charge in [-0.15, -0.1) is 0 Å². The lowest BCUT2D eigenvalue weighted by Crippen LogP contribution is -2.28. The zero-order valence-electron chi connectivity index (χ0n) is 19.5. The van der Waals surface area contributed by atoms with Crippen LogP contribution in [0.5, 0.6) is 5.75 Å². The smallest absolute Gasteiger partial charge is 0.271 e. The van der Waals surface area contributed by atoms with Gasteiger partial charge in [0.05, 0.1) is 23.4 Å². The number of amidine groups is 1. The van der Waals surface area contributed by atoms with E-state index in [4.69, 9.17) is 9.73 Å². The Morgan fingerprint density at radius 2 is 1.58 bits per heavy atom. The first-order chi connectivity index (χ1) is 16.0. The third kappa shape index (κ3) is 5.04. The standard InChI is InChI=1S/C28H28N2O2S/c1-5-20-7-12-23(13-8-20)29-28-30(24-14-9-21(6-2)10-15-24)27(31)26(33-28)18-22-11-16-25(32-4)19(3)17-22/h7-18H,5-6H2,1-4H3. The van der Waals surface area contributed by atoms with Crippen molar-refractivity contribution >= 4 is 40.3 Å². The highest BCUT2D eigenvalue weighted by atomic mass is 32.2. The maximum atomic E-state index is 13.5. The molecule has 33 heavy (non-hydrogen) atoms. The molecule has 1 fully saturated rings. The summed E-state index contributed by atoms with van der Waals surface area (Å²) in [5.74, 6) is 0.764. The van der Waals surface area contributed by atoms with Gasteiger partial charge in [-0.25, -0.2) is 4.99 Å². The van der Waals surface area contributed by atoms with Crippen molar-refractivity contribution < 1.29 is 9.53 Å². The van der Waals surface area contributed by atoms with E-state index in [1.165, 1.54) is 22.9 Å². The Labute approximate surface area is 200 Å². The van der Waals surface area contributed by atoms with Crippen LogP contribution in [0.15, 0.2) is 76.6 Å². The molecule has 168 valence electrons. The van der Waals surface area contributed by atoms with Crippen LogP contribution in [-0.4, -0.2) is 18.2 Å². The van der Waals surface area contributed by atoms with Crippen molar-refractivity contribution in [1.29, 1.82) is 0 Å². The van der Waals surface area contributed by atoms with Gasteiger partial charge < -0.3 is 4.74 Å². The number of aliphatic imine (C=N–C) groups is 1. The Balaban J connectivity index is 1.74. The van der Waals surface area contributed by atoms with Crippen molar-refractivity contribution in [2.75, 3.05) is 12.0 Å². The molecule has 0 spiro atoms. The van der Waals surface area contributed by atoms with Gasteiger partial charge in [-0.05, 0) is 96.3 Å². The molecule has 3 aromatic carbocycles. The topological polar surface area (TPSA) is 41.9 Å². The molecule has 3 aromatic rings. The molecular formula is C28H28N2O2S. The summed E-state index contributed by atoms with van der Waals surface area (Å²) in [4.78, 5) is 20.7. The minimum atomic E-state index is -0.0679. The van der Waals surface area contributed by atoms with Crippen LogP contribution in [0.4, 0.5) is 11.4 Å². The van der Waals surface area contributed by atoms with E-state index >= 15 is 0 Å². The van der Waals surface area contributed by atoms with Crippen LogP contribution in [0.25, 0.3) is 6.08 Å². The highest BCUT2D eigenvalue weighted by molar-refractivity contribution is 8.19. The Kier molecular flexibility index (Phi) is 6.99. The lowest BCUT2D eigenvalue weighted by Gasteiger charge is -2.16. The number of anilines is 1. The van der Waals surface area contributed by atoms with Crippen molar-refractivity contribution in [2.45, 2.75) is 33.6 Å². The first-order valence-electron chi connectivity index (χ1n) is 11.2. The predicted octanol–water partition coefficient (Wildman–Crippen LogP) is 6.94. The highest BCUT2D eigenvalue weighted by Gasteiger charge is 2.34. The van der Waals surface area contributed by atoms with E-state index in [-0.39, 0.29) is 5.91 Å². The molecule has 1 aliphatic heterocycles. The maximum Gasteiger partial charge on any atom is 0.271 e. The van der Waals surface area contributed by atoms with Gasteiger partial charge >= 0.3 is 0 Å². The highest BCUT2D eigenvalue weighted by Crippen LogP contribution is 2.37. The van der Waals surface area contributed by atoms with E-state index in [9.17, 15) is 4.79 Å². The van der Waals surface area contributed by atoms with Gasteiger partial charge in [-0.3, -0.25) is 9.69 Å². The fourth-order valence-electron chi connectivity index (χ4n) is 3.72. The quantitative estimate of drug-likeness (QED) is 0.377. The average molecular weight is 457 g/mol. The molecule has 4 nitrogen and oxygen atoms in total. The van der Waals surface area contributed by atoms with Crippen molar-refractivity contribution in [3.8, 4) is 5.75 Å². The number of methoxy groups -OCH3 is 1. The molecule has 0 N–H and O–H groups in total. The van der Waals surface area contributed by atoms with Crippen LogP contribution in [0.1, 0.15) is 36.1 Å². The first kappa shape index (κ1) is 22.9. The molecule has 0 atom stereocenters. The molecule has 0 unspecified atom stereocenters. The van der Waals surface area contributed by atoms with Crippen LogP contribution in [0, 0.1) is 6.92 Å². The Hall–Kier alpha value is -3.31. The van der Waals surface area contributed by atoms with Crippen molar-refractivity contribution in [1.82, 2.24) is 0 Å². The zero-order valence-corrected chi connectivity index (χ0v) is 20.3. The second-order valence-electron chi connectivity index (χ2n) is 7.91. The molecule has 4 rings (SSSR count). The minimum absolute atomic E-state index is 0.0679. The number of benzene rings is 3. The number of carbonyl (C=O) groups is 1. The van der Waals surface area contributed by atoms with Crippen LogP contribution in [-0.2, 0) is 17.6 Å². The van der Waals surface area contributed by atoms with E-state index in [0.29, 0.717) is 10.1 Å². The summed E-state index contributed by atoms with van der Waals surface area (Å²) in [6, 6.07) is 22.2. The van der Waals surface area contributed by atoms with E-state index in [2.05, 4.69) is 38.1 Å². The van der Waals surface area contributed by atoms with Crippen LogP contribution < -0.4 is 9.64 Å². The van der Waals surface area contributed by atoms with Gasteiger partial charge in [0.1, 0.15) is 5.75 Å². The fourth-order valence-corrected chi connectivity index (χ4v) is 4.72. The van der Waals surface area contributed by atoms with Gasteiger partial charge in [-0.1, -0.05) is 44.2 Å². The van der Waals surface area contributed by atoms with Gasteiger partial charge in [0.15, 0.2) is 5.17 Å². The number of aryl methyl sites for hydroxylation is 3. The van der Waals surface area contributed by atoms with E-state index in [0.717, 1.165) is 41.1 Å². The SMILES string of the molecule is CCc1ccc(N=C2SC(=Cc3ccc(OC)c(C)c3)C(=O)N2c2ccc(CC)cc2)cc1. The molecular weight excluding hydrogens is 428 g/mol. The molecule has 0 bridgehead atoms. The average Bonchev–Trinajstić information content (AvgIpc) is 3.14. The Morgan fingerprint density at radius 1 is 0.939 bits per heavy atom. The van der Waals surface area contributed by atoms with Crippen LogP contribution in [0.2, 0.25) is 0 Å².